The summed E-state index contributed by atoms with van der Waals surface area (Å²) in [5.74, 6) is -1.48. The summed E-state index contributed by atoms with van der Waals surface area (Å²) in [6.45, 7) is 9.06. The maximum absolute atomic E-state index is 11.6. The predicted octanol–water partition coefficient (Wildman–Crippen LogP) is 1.85. The molecule has 0 fully saturated rings. The van der Waals surface area contributed by atoms with E-state index in [1.165, 1.54) is 7.11 Å². The first-order valence-electron chi connectivity index (χ1n) is 5.91. The summed E-state index contributed by atoms with van der Waals surface area (Å²) < 4.78 is 14.8. The maximum Gasteiger partial charge on any atom is 0.347 e. The van der Waals surface area contributed by atoms with Crippen LogP contribution in [0.25, 0.3) is 0 Å². The van der Waals surface area contributed by atoms with Gasteiger partial charge in [0, 0.05) is 0 Å². The molecule has 0 saturated carbocycles. The van der Waals surface area contributed by atoms with Gasteiger partial charge in [-0.25, -0.2) is 9.59 Å². The third-order valence-electron chi connectivity index (χ3n) is 2.30. The lowest BCUT2D eigenvalue weighted by Gasteiger charge is -2.28. The summed E-state index contributed by atoms with van der Waals surface area (Å²) in [6.07, 6.45) is 1.78. The van der Waals surface area contributed by atoms with E-state index in [0.717, 1.165) is 6.42 Å². The largest absolute Gasteiger partial charge is 0.467 e. The number of methoxy groups -OCH3 is 1. The van der Waals surface area contributed by atoms with Crippen molar-refractivity contribution in [3.8, 4) is 0 Å². The number of hydrogen-bond donors (Lipinski definition) is 0. The Morgan fingerprint density at radius 3 is 2.39 bits per heavy atom. The summed E-state index contributed by atoms with van der Waals surface area (Å²) in [6, 6.07) is 0. The van der Waals surface area contributed by atoms with Gasteiger partial charge in [-0.3, -0.25) is 0 Å². The van der Waals surface area contributed by atoms with Gasteiger partial charge in [-0.15, -0.1) is 6.58 Å². The van der Waals surface area contributed by atoms with Crippen LogP contribution in [0.1, 0.15) is 33.6 Å². The highest BCUT2D eigenvalue weighted by Crippen LogP contribution is 2.20. The van der Waals surface area contributed by atoms with Gasteiger partial charge in [0.05, 0.1) is 19.3 Å². The monoisotopic (exact) mass is 258 g/mol. The zero-order chi connectivity index (χ0) is 14.2. The Morgan fingerprint density at radius 2 is 1.94 bits per heavy atom. The van der Waals surface area contributed by atoms with Gasteiger partial charge in [-0.1, -0.05) is 6.08 Å². The molecule has 0 bridgehead atoms. The van der Waals surface area contributed by atoms with Crippen LogP contribution in [0.4, 0.5) is 0 Å². The van der Waals surface area contributed by atoms with E-state index in [4.69, 9.17) is 9.47 Å². The Morgan fingerprint density at radius 1 is 1.33 bits per heavy atom. The fourth-order valence-electron chi connectivity index (χ4n) is 1.35. The molecule has 104 valence electrons. The smallest absolute Gasteiger partial charge is 0.347 e. The van der Waals surface area contributed by atoms with Gasteiger partial charge < -0.3 is 14.2 Å². The van der Waals surface area contributed by atoms with Crippen molar-refractivity contribution in [3.05, 3.63) is 12.7 Å². The molecule has 0 aromatic rings. The van der Waals surface area contributed by atoms with Crippen LogP contribution in [-0.4, -0.2) is 37.4 Å². The molecule has 0 aliphatic heterocycles. The van der Waals surface area contributed by atoms with Gasteiger partial charge in [0.25, 0.3) is 6.10 Å². The fraction of sp³-hybridized carbons (Fsp3) is 0.692. The lowest BCUT2D eigenvalue weighted by molar-refractivity contribution is -0.183. The van der Waals surface area contributed by atoms with E-state index in [2.05, 4.69) is 11.3 Å². The number of carbonyl (C=O) groups is 2. The molecule has 1 unspecified atom stereocenters. The average Bonchev–Trinajstić information content (AvgIpc) is 2.33. The lowest BCUT2D eigenvalue weighted by atomic mass is 10.0. The molecule has 1 atom stereocenters. The molecular formula is C13H22O5. The third-order valence-corrected chi connectivity index (χ3v) is 2.30. The number of esters is 2. The molecule has 0 aromatic heterocycles. The van der Waals surface area contributed by atoms with Gasteiger partial charge in [0.1, 0.15) is 0 Å². The van der Waals surface area contributed by atoms with Crippen molar-refractivity contribution in [1.29, 1.82) is 0 Å². The first-order valence-corrected chi connectivity index (χ1v) is 5.91. The quantitative estimate of drug-likeness (QED) is 0.378. The molecule has 18 heavy (non-hydrogen) atoms. The van der Waals surface area contributed by atoms with Gasteiger partial charge in [-0.2, -0.15) is 0 Å². The van der Waals surface area contributed by atoms with E-state index in [1.54, 1.807) is 26.8 Å². The normalized spacial score (nSPS) is 12.7. The van der Waals surface area contributed by atoms with E-state index >= 15 is 0 Å². The highest BCUT2D eigenvalue weighted by atomic mass is 16.6. The van der Waals surface area contributed by atoms with Crippen molar-refractivity contribution >= 4 is 11.9 Å². The van der Waals surface area contributed by atoms with Crippen molar-refractivity contribution < 1.29 is 23.8 Å². The van der Waals surface area contributed by atoms with E-state index in [0.29, 0.717) is 6.42 Å². The van der Waals surface area contributed by atoms with Crippen LogP contribution >= 0.6 is 0 Å². The Labute approximate surface area is 108 Å². The topological polar surface area (TPSA) is 61.8 Å². The summed E-state index contributed by atoms with van der Waals surface area (Å²) in [5.41, 5.74) is -0.639. The molecule has 0 spiro atoms. The van der Waals surface area contributed by atoms with Crippen LogP contribution in [0.2, 0.25) is 0 Å². The molecular weight excluding hydrogens is 236 g/mol. The summed E-state index contributed by atoms with van der Waals surface area (Å²) >= 11 is 0. The Kier molecular flexibility index (Phi) is 7.27. The highest BCUT2D eigenvalue weighted by molar-refractivity contribution is 5.98. The predicted molar refractivity (Wildman–Crippen MR) is 67.0 cm³/mol. The third kappa shape index (κ3) is 5.82. The van der Waals surface area contributed by atoms with E-state index < -0.39 is 23.6 Å². The zero-order valence-corrected chi connectivity index (χ0v) is 11.5. The van der Waals surface area contributed by atoms with E-state index in [1.807, 2.05) is 0 Å². The molecule has 0 N–H and O–H groups in total. The van der Waals surface area contributed by atoms with E-state index in [9.17, 15) is 9.59 Å². The minimum atomic E-state index is -1.34. The van der Waals surface area contributed by atoms with Crippen LogP contribution in [0.15, 0.2) is 12.7 Å². The average molecular weight is 258 g/mol. The molecule has 0 amide bonds. The first-order chi connectivity index (χ1) is 8.37. The van der Waals surface area contributed by atoms with Crippen molar-refractivity contribution in [3.63, 3.8) is 0 Å². The van der Waals surface area contributed by atoms with Crippen LogP contribution in [0, 0.1) is 0 Å². The van der Waals surface area contributed by atoms with Crippen molar-refractivity contribution in [2.75, 3.05) is 13.7 Å². The summed E-state index contributed by atoms with van der Waals surface area (Å²) in [7, 11) is 1.20. The Balaban J connectivity index is 4.72. The minimum absolute atomic E-state index is 0.183. The standard InChI is InChI=1S/C13H22O5/c1-6-8-9-13(3,4)18-10(11(14)16-5)12(15)17-7-2/h6,10H,1,7-9H2,2-5H3. The van der Waals surface area contributed by atoms with Gasteiger partial charge in [0.2, 0.25) is 0 Å². The maximum atomic E-state index is 11.6. The number of hydrogen-bond acceptors (Lipinski definition) is 5. The number of allylic oxidation sites excluding steroid dienone is 1. The minimum Gasteiger partial charge on any atom is -0.467 e. The highest BCUT2D eigenvalue weighted by Gasteiger charge is 2.35. The van der Waals surface area contributed by atoms with Crippen molar-refractivity contribution in [2.24, 2.45) is 0 Å². The molecule has 0 aliphatic rings. The second-order valence-corrected chi connectivity index (χ2v) is 4.36. The molecule has 0 saturated heterocycles. The zero-order valence-electron chi connectivity index (χ0n) is 11.5. The number of carbonyl (C=O) groups excluding carboxylic acids is 2. The molecule has 5 nitrogen and oxygen atoms in total. The summed E-state index contributed by atoms with van der Waals surface area (Å²) in [5, 5.41) is 0. The molecule has 0 heterocycles. The van der Waals surface area contributed by atoms with Crippen LogP contribution in [0.5, 0.6) is 0 Å². The summed E-state index contributed by atoms with van der Waals surface area (Å²) in [4.78, 5) is 23.1. The molecule has 0 radical (unpaired) electrons. The Hall–Kier alpha value is -1.36. The van der Waals surface area contributed by atoms with Crippen molar-refractivity contribution in [1.82, 2.24) is 0 Å². The molecule has 0 aromatic carbocycles. The van der Waals surface area contributed by atoms with Crippen LogP contribution in [-0.2, 0) is 23.8 Å². The molecule has 0 aliphatic carbocycles. The number of ether oxygens (including phenoxy) is 3. The second kappa shape index (κ2) is 7.87. The lowest BCUT2D eigenvalue weighted by Crippen LogP contribution is -2.42. The first kappa shape index (κ1) is 16.6. The van der Waals surface area contributed by atoms with Crippen molar-refractivity contribution in [2.45, 2.75) is 45.3 Å². The van der Waals surface area contributed by atoms with Crippen LogP contribution < -0.4 is 0 Å². The SMILES string of the molecule is C=CCCC(C)(C)OC(C(=O)OC)C(=O)OCC. The van der Waals surface area contributed by atoms with Gasteiger partial charge in [0.15, 0.2) is 0 Å². The molecule has 5 heteroatoms. The van der Waals surface area contributed by atoms with E-state index in [-0.39, 0.29) is 6.61 Å². The molecule has 0 rings (SSSR count). The Bertz CT molecular complexity index is 296. The number of rotatable bonds is 8. The van der Waals surface area contributed by atoms with Crippen LogP contribution in [0.3, 0.4) is 0 Å². The fourth-order valence-corrected chi connectivity index (χ4v) is 1.35. The second-order valence-electron chi connectivity index (χ2n) is 4.36. The van der Waals surface area contributed by atoms with Gasteiger partial charge >= 0.3 is 11.9 Å². The van der Waals surface area contributed by atoms with Gasteiger partial charge in [-0.05, 0) is 33.6 Å².